The summed E-state index contributed by atoms with van der Waals surface area (Å²) in [7, 11) is 1.88. The van der Waals surface area contributed by atoms with Gasteiger partial charge < -0.3 is 9.47 Å². The summed E-state index contributed by atoms with van der Waals surface area (Å²) in [5, 5.41) is 8.45. The fourth-order valence-corrected chi connectivity index (χ4v) is 3.54. The number of carbonyl (C=O) groups excluding carboxylic acids is 1. The zero-order valence-electron chi connectivity index (χ0n) is 14.9. The Labute approximate surface area is 158 Å². The Kier molecular flexibility index (Phi) is 6.07. The number of thioether (sulfide) groups is 1. The van der Waals surface area contributed by atoms with Gasteiger partial charge in [0, 0.05) is 20.1 Å². The third-order valence-electron chi connectivity index (χ3n) is 4.04. The van der Waals surface area contributed by atoms with Gasteiger partial charge in [0.2, 0.25) is 5.91 Å². The zero-order valence-corrected chi connectivity index (χ0v) is 15.8. The first-order valence-corrected chi connectivity index (χ1v) is 9.38. The van der Waals surface area contributed by atoms with Crippen LogP contribution in [-0.4, -0.2) is 30.8 Å². The molecule has 3 rings (SSSR count). The van der Waals surface area contributed by atoms with Crippen LogP contribution in [-0.2, 0) is 24.9 Å². The second-order valence-corrected chi connectivity index (χ2v) is 7.46. The van der Waals surface area contributed by atoms with Crippen molar-refractivity contribution in [3.63, 3.8) is 0 Å². The summed E-state index contributed by atoms with van der Waals surface area (Å²) in [5.74, 6) is 0.0886. The molecular weight excluding hydrogens is 344 g/mol. The minimum absolute atomic E-state index is 0.0886. The average Bonchev–Trinajstić information content (AvgIpc) is 3.07. The molecule has 26 heavy (non-hydrogen) atoms. The van der Waals surface area contributed by atoms with Crippen molar-refractivity contribution in [1.82, 2.24) is 19.7 Å². The van der Waals surface area contributed by atoms with Crippen LogP contribution in [0.2, 0.25) is 0 Å². The van der Waals surface area contributed by atoms with Gasteiger partial charge in [0.1, 0.15) is 6.33 Å². The van der Waals surface area contributed by atoms with Crippen molar-refractivity contribution in [3.8, 4) is 0 Å². The maximum Gasteiger partial charge on any atom is 0.236 e. The second kappa shape index (κ2) is 8.67. The van der Waals surface area contributed by atoms with Gasteiger partial charge in [-0.25, -0.2) is 0 Å². The molecule has 0 aliphatic carbocycles. The van der Waals surface area contributed by atoms with E-state index in [4.69, 9.17) is 0 Å². The van der Waals surface area contributed by atoms with Crippen LogP contribution in [0.5, 0.6) is 0 Å². The van der Waals surface area contributed by atoms with Crippen molar-refractivity contribution in [2.45, 2.75) is 30.4 Å². The number of rotatable bonds is 7. The Morgan fingerprint density at radius 1 is 1.04 bits per heavy atom. The maximum absolute atomic E-state index is 13.1. The van der Waals surface area contributed by atoms with Crippen molar-refractivity contribution >= 4 is 17.7 Å². The monoisotopic (exact) mass is 366 g/mol. The first kappa shape index (κ1) is 18.2. The first-order chi connectivity index (χ1) is 12.6. The van der Waals surface area contributed by atoms with Gasteiger partial charge in [-0.1, -0.05) is 72.4 Å². The molecule has 134 valence electrons. The van der Waals surface area contributed by atoms with E-state index in [1.54, 1.807) is 6.33 Å². The van der Waals surface area contributed by atoms with Gasteiger partial charge >= 0.3 is 0 Å². The quantitative estimate of drug-likeness (QED) is 0.600. The largest absolute Gasteiger partial charge is 0.333 e. The molecule has 5 nitrogen and oxygen atoms in total. The number of hydrogen-bond acceptors (Lipinski definition) is 4. The number of amides is 1. The lowest BCUT2D eigenvalue weighted by atomic mass is 10.1. The minimum Gasteiger partial charge on any atom is -0.333 e. The number of aromatic nitrogens is 3. The lowest BCUT2D eigenvalue weighted by Crippen LogP contribution is -2.35. The Bertz CT molecular complexity index is 794. The summed E-state index contributed by atoms with van der Waals surface area (Å²) in [5.41, 5.74) is 2.24. The Hall–Kier alpha value is -2.60. The summed E-state index contributed by atoms with van der Waals surface area (Å²) >= 11 is 1.43. The van der Waals surface area contributed by atoms with E-state index in [1.165, 1.54) is 11.8 Å². The minimum atomic E-state index is -0.245. The molecule has 0 fully saturated rings. The van der Waals surface area contributed by atoms with Gasteiger partial charge in [0.25, 0.3) is 0 Å². The zero-order chi connectivity index (χ0) is 18.4. The highest BCUT2D eigenvalue weighted by molar-refractivity contribution is 8.00. The van der Waals surface area contributed by atoms with Crippen molar-refractivity contribution in [2.75, 3.05) is 0 Å². The lowest BCUT2D eigenvalue weighted by molar-refractivity contribution is -0.131. The first-order valence-electron chi connectivity index (χ1n) is 8.51. The molecule has 6 heteroatoms. The van der Waals surface area contributed by atoms with E-state index in [9.17, 15) is 4.79 Å². The summed E-state index contributed by atoms with van der Waals surface area (Å²) in [6.45, 7) is 3.08. The van der Waals surface area contributed by atoms with Crippen molar-refractivity contribution < 1.29 is 4.79 Å². The van der Waals surface area contributed by atoms with Gasteiger partial charge in [0.05, 0.1) is 5.25 Å². The maximum atomic E-state index is 13.1. The second-order valence-electron chi connectivity index (χ2n) is 6.15. The van der Waals surface area contributed by atoms with Crippen LogP contribution in [0.1, 0.15) is 18.1 Å². The third kappa shape index (κ3) is 4.73. The van der Waals surface area contributed by atoms with Gasteiger partial charge in [-0.3, -0.25) is 4.79 Å². The van der Waals surface area contributed by atoms with Crippen LogP contribution in [0, 0.1) is 0 Å². The van der Waals surface area contributed by atoms with E-state index in [0.717, 1.165) is 16.3 Å². The topological polar surface area (TPSA) is 51.0 Å². The third-order valence-corrected chi connectivity index (χ3v) is 5.18. The van der Waals surface area contributed by atoms with E-state index in [2.05, 4.69) is 10.2 Å². The fourth-order valence-electron chi connectivity index (χ4n) is 2.66. The van der Waals surface area contributed by atoms with E-state index in [0.29, 0.717) is 13.1 Å². The summed E-state index contributed by atoms with van der Waals surface area (Å²) in [6, 6.07) is 20.2. The number of benzene rings is 2. The summed E-state index contributed by atoms with van der Waals surface area (Å²) in [4.78, 5) is 15.0. The standard InChI is InChI=1S/C20H22N4OS/c1-16(26-20-22-21-15-23(20)2)19(25)24(13-17-9-5-3-6-10-17)14-18-11-7-4-8-12-18/h3-12,15-16H,13-14H2,1-2H3. The molecule has 0 saturated heterocycles. The highest BCUT2D eigenvalue weighted by atomic mass is 32.2. The lowest BCUT2D eigenvalue weighted by Gasteiger charge is -2.26. The van der Waals surface area contributed by atoms with Crippen LogP contribution in [0.3, 0.4) is 0 Å². The Balaban J connectivity index is 1.76. The highest BCUT2D eigenvalue weighted by Crippen LogP contribution is 2.23. The van der Waals surface area contributed by atoms with Crippen molar-refractivity contribution in [1.29, 1.82) is 0 Å². The predicted octanol–water partition coefficient (Wildman–Crippen LogP) is 3.52. The molecule has 1 atom stereocenters. The Morgan fingerprint density at radius 3 is 2.04 bits per heavy atom. The SMILES string of the molecule is CC(Sc1nncn1C)C(=O)N(Cc1ccccc1)Cc1ccccc1. The predicted molar refractivity (Wildman–Crippen MR) is 103 cm³/mol. The summed E-state index contributed by atoms with van der Waals surface area (Å²) in [6.07, 6.45) is 1.64. The number of aryl methyl sites for hydroxylation is 1. The number of carbonyl (C=O) groups is 1. The molecule has 1 amide bonds. The van der Waals surface area contributed by atoms with E-state index < -0.39 is 0 Å². The molecule has 0 bridgehead atoms. The molecular formula is C20H22N4OS. The molecule has 1 heterocycles. The molecule has 0 radical (unpaired) electrons. The van der Waals surface area contributed by atoms with Crippen molar-refractivity contribution in [2.24, 2.45) is 7.05 Å². The van der Waals surface area contributed by atoms with E-state index in [1.807, 2.05) is 84.1 Å². The van der Waals surface area contributed by atoms with Gasteiger partial charge in [-0.05, 0) is 18.1 Å². The normalized spacial score (nSPS) is 11.9. The molecule has 3 aromatic rings. The van der Waals surface area contributed by atoms with E-state index in [-0.39, 0.29) is 11.2 Å². The molecule has 2 aromatic carbocycles. The van der Waals surface area contributed by atoms with Gasteiger partial charge in [-0.15, -0.1) is 10.2 Å². The molecule has 1 aromatic heterocycles. The van der Waals surface area contributed by atoms with Gasteiger partial charge in [-0.2, -0.15) is 0 Å². The molecule has 0 aliphatic rings. The molecule has 0 aliphatic heterocycles. The van der Waals surface area contributed by atoms with Crippen LogP contribution < -0.4 is 0 Å². The van der Waals surface area contributed by atoms with Crippen molar-refractivity contribution in [3.05, 3.63) is 78.1 Å². The number of nitrogens with zero attached hydrogens (tertiary/aromatic N) is 4. The van der Waals surface area contributed by atoms with E-state index >= 15 is 0 Å². The molecule has 0 spiro atoms. The van der Waals surface area contributed by atoms with Crippen LogP contribution in [0.25, 0.3) is 0 Å². The van der Waals surface area contributed by atoms with Crippen LogP contribution >= 0.6 is 11.8 Å². The van der Waals surface area contributed by atoms with Crippen LogP contribution in [0.4, 0.5) is 0 Å². The average molecular weight is 366 g/mol. The molecule has 1 unspecified atom stereocenters. The smallest absolute Gasteiger partial charge is 0.236 e. The highest BCUT2D eigenvalue weighted by Gasteiger charge is 2.23. The summed E-state index contributed by atoms with van der Waals surface area (Å²) < 4.78 is 1.83. The van der Waals surface area contributed by atoms with Crippen LogP contribution in [0.15, 0.2) is 72.1 Å². The molecule has 0 N–H and O–H groups in total. The number of hydrogen-bond donors (Lipinski definition) is 0. The Morgan fingerprint density at radius 2 is 1.58 bits per heavy atom. The molecule has 0 saturated carbocycles. The van der Waals surface area contributed by atoms with Gasteiger partial charge in [0.15, 0.2) is 5.16 Å². The fraction of sp³-hybridized carbons (Fsp3) is 0.250.